The summed E-state index contributed by atoms with van der Waals surface area (Å²) in [6.45, 7) is 1.39. The number of hydrogen-bond donors (Lipinski definition) is 1. The standard InChI is InChI=1S/C14H15NO2S2/c16-13(11-3-9-18-10-11)15-14(4-6-17-7-5-14)12-2-1-8-19-12/h1-3,8-10H,4-7H2,(H,15,16). The smallest absolute Gasteiger partial charge is 0.252 e. The van der Waals surface area contributed by atoms with Crippen molar-refractivity contribution < 1.29 is 9.53 Å². The van der Waals surface area contributed by atoms with Gasteiger partial charge in [-0.15, -0.1) is 11.3 Å². The van der Waals surface area contributed by atoms with Crippen LogP contribution in [0.15, 0.2) is 34.3 Å². The zero-order valence-electron chi connectivity index (χ0n) is 10.4. The Hall–Kier alpha value is -1.17. The van der Waals surface area contributed by atoms with E-state index in [4.69, 9.17) is 4.74 Å². The first-order chi connectivity index (χ1) is 9.30. The van der Waals surface area contributed by atoms with Gasteiger partial charge in [-0.2, -0.15) is 11.3 Å². The third kappa shape index (κ3) is 2.59. The van der Waals surface area contributed by atoms with Crippen molar-refractivity contribution in [3.05, 3.63) is 44.8 Å². The predicted molar refractivity (Wildman–Crippen MR) is 77.8 cm³/mol. The van der Waals surface area contributed by atoms with Gasteiger partial charge in [0.05, 0.1) is 11.1 Å². The molecule has 100 valence electrons. The number of thiophene rings is 2. The molecule has 0 unspecified atom stereocenters. The highest BCUT2D eigenvalue weighted by atomic mass is 32.1. The van der Waals surface area contributed by atoms with Crippen LogP contribution in [0.1, 0.15) is 28.1 Å². The molecule has 19 heavy (non-hydrogen) atoms. The van der Waals surface area contributed by atoms with Crippen LogP contribution in [0.4, 0.5) is 0 Å². The molecule has 5 heteroatoms. The number of carbonyl (C=O) groups is 1. The number of carbonyl (C=O) groups excluding carboxylic acids is 1. The lowest BCUT2D eigenvalue weighted by Crippen LogP contribution is -2.48. The highest BCUT2D eigenvalue weighted by molar-refractivity contribution is 7.10. The van der Waals surface area contributed by atoms with Crippen LogP contribution in [0.5, 0.6) is 0 Å². The number of amides is 1. The van der Waals surface area contributed by atoms with E-state index >= 15 is 0 Å². The largest absolute Gasteiger partial charge is 0.381 e. The second-order valence-electron chi connectivity index (χ2n) is 4.64. The predicted octanol–water partition coefficient (Wildman–Crippen LogP) is 3.25. The molecule has 2 aromatic rings. The van der Waals surface area contributed by atoms with Crippen molar-refractivity contribution in [3.63, 3.8) is 0 Å². The normalized spacial score (nSPS) is 18.1. The summed E-state index contributed by atoms with van der Waals surface area (Å²) in [4.78, 5) is 13.6. The van der Waals surface area contributed by atoms with E-state index in [0.717, 1.165) is 18.4 Å². The van der Waals surface area contributed by atoms with Crippen LogP contribution >= 0.6 is 22.7 Å². The van der Waals surface area contributed by atoms with E-state index < -0.39 is 0 Å². The van der Waals surface area contributed by atoms with Gasteiger partial charge in [-0.1, -0.05) is 6.07 Å². The SMILES string of the molecule is O=C(NC1(c2cccs2)CCOCC1)c1ccsc1. The van der Waals surface area contributed by atoms with Crippen molar-refractivity contribution in [1.82, 2.24) is 5.32 Å². The minimum atomic E-state index is -0.258. The molecule has 0 atom stereocenters. The molecule has 0 bridgehead atoms. The van der Waals surface area contributed by atoms with Gasteiger partial charge in [-0.3, -0.25) is 4.79 Å². The lowest BCUT2D eigenvalue weighted by molar-refractivity contribution is 0.0358. The van der Waals surface area contributed by atoms with Crippen LogP contribution in [0, 0.1) is 0 Å². The van der Waals surface area contributed by atoms with Gasteiger partial charge >= 0.3 is 0 Å². The summed E-state index contributed by atoms with van der Waals surface area (Å²) in [5, 5.41) is 9.11. The Kier molecular flexibility index (Phi) is 3.68. The fraction of sp³-hybridized carbons (Fsp3) is 0.357. The fourth-order valence-electron chi connectivity index (χ4n) is 2.39. The second-order valence-corrected chi connectivity index (χ2v) is 6.37. The number of nitrogens with one attached hydrogen (secondary N) is 1. The monoisotopic (exact) mass is 293 g/mol. The lowest BCUT2D eigenvalue weighted by atomic mass is 9.88. The Morgan fingerprint density at radius 1 is 1.26 bits per heavy atom. The third-order valence-electron chi connectivity index (χ3n) is 3.48. The Morgan fingerprint density at radius 3 is 2.74 bits per heavy atom. The average molecular weight is 293 g/mol. The summed E-state index contributed by atoms with van der Waals surface area (Å²) in [5.74, 6) is 0.0107. The molecule has 1 fully saturated rings. The van der Waals surface area contributed by atoms with Crippen LogP contribution in [0.2, 0.25) is 0 Å². The Bertz CT molecular complexity index is 528. The van der Waals surface area contributed by atoms with Crippen molar-refractivity contribution in [2.24, 2.45) is 0 Å². The van der Waals surface area contributed by atoms with E-state index in [9.17, 15) is 4.79 Å². The zero-order valence-corrected chi connectivity index (χ0v) is 12.1. The first-order valence-corrected chi connectivity index (χ1v) is 8.09. The molecule has 1 aliphatic rings. The summed E-state index contributed by atoms with van der Waals surface area (Å²) >= 11 is 3.24. The van der Waals surface area contributed by atoms with Crippen molar-refractivity contribution in [3.8, 4) is 0 Å². The van der Waals surface area contributed by atoms with E-state index in [-0.39, 0.29) is 11.4 Å². The third-order valence-corrected chi connectivity index (χ3v) is 5.23. The molecule has 1 aliphatic heterocycles. The summed E-state index contributed by atoms with van der Waals surface area (Å²) in [6.07, 6.45) is 1.67. The Labute approximate surface area is 120 Å². The Morgan fingerprint density at radius 2 is 2.11 bits per heavy atom. The highest BCUT2D eigenvalue weighted by Crippen LogP contribution is 2.35. The minimum absolute atomic E-state index is 0.0107. The van der Waals surface area contributed by atoms with Gasteiger partial charge in [0.15, 0.2) is 0 Å². The van der Waals surface area contributed by atoms with Gasteiger partial charge < -0.3 is 10.1 Å². The van der Waals surface area contributed by atoms with Crippen LogP contribution < -0.4 is 5.32 Å². The highest BCUT2D eigenvalue weighted by Gasteiger charge is 2.37. The summed E-state index contributed by atoms with van der Waals surface area (Å²) < 4.78 is 5.45. The lowest BCUT2D eigenvalue weighted by Gasteiger charge is -2.37. The Balaban J connectivity index is 1.86. The summed E-state index contributed by atoms with van der Waals surface area (Å²) in [7, 11) is 0. The van der Waals surface area contributed by atoms with E-state index in [1.165, 1.54) is 4.88 Å². The van der Waals surface area contributed by atoms with E-state index in [1.54, 1.807) is 22.7 Å². The summed E-state index contributed by atoms with van der Waals surface area (Å²) in [5.41, 5.74) is 0.484. The van der Waals surface area contributed by atoms with Gasteiger partial charge in [0.1, 0.15) is 0 Å². The van der Waals surface area contributed by atoms with Crippen molar-refractivity contribution in [2.45, 2.75) is 18.4 Å². The molecular formula is C14H15NO2S2. The summed E-state index contributed by atoms with van der Waals surface area (Å²) in [6, 6.07) is 6.00. The van der Waals surface area contributed by atoms with E-state index in [0.29, 0.717) is 13.2 Å². The minimum Gasteiger partial charge on any atom is -0.381 e. The van der Waals surface area contributed by atoms with Crippen LogP contribution in [0.25, 0.3) is 0 Å². The molecule has 3 nitrogen and oxygen atoms in total. The maximum Gasteiger partial charge on any atom is 0.252 e. The van der Waals surface area contributed by atoms with Gasteiger partial charge in [0.2, 0.25) is 0 Å². The first kappa shape index (κ1) is 12.8. The average Bonchev–Trinajstić information content (AvgIpc) is 3.13. The molecular weight excluding hydrogens is 278 g/mol. The van der Waals surface area contributed by atoms with Gasteiger partial charge in [0.25, 0.3) is 5.91 Å². The molecule has 0 radical (unpaired) electrons. The molecule has 0 aromatic carbocycles. The molecule has 3 heterocycles. The molecule has 0 aliphatic carbocycles. The van der Waals surface area contributed by atoms with Crippen LogP contribution in [0.3, 0.4) is 0 Å². The zero-order chi connectivity index (χ0) is 13.1. The molecule has 0 saturated carbocycles. The van der Waals surface area contributed by atoms with Gasteiger partial charge in [0, 0.05) is 23.5 Å². The molecule has 1 saturated heterocycles. The van der Waals surface area contributed by atoms with Crippen LogP contribution in [-0.2, 0) is 10.3 Å². The second kappa shape index (κ2) is 5.45. The molecule has 2 aromatic heterocycles. The number of ether oxygens (including phenoxy) is 1. The van der Waals surface area contributed by atoms with Crippen molar-refractivity contribution in [2.75, 3.05) is 13.2 Å². The van der Waals surface area contributed by atoms with Crippen molar-refractivity contribution >= 4 is 28.6 Å². The van der Waals surface area contributed by atoms with E-state index in [2.05, 4.69) is 16.8 Å². The van der Waals surface area contributed by atoms with Gasteiger partial charge in [-0.25, -0.2) is 0 Å². The maximum atomic E-state index is 12.3. The molecule has 3 rings (SSSR count). The van der Waals surface area contributed by atoms with Crippen LogP contribution in [-0.4, -0.2) is 19.1 Å². The van der Waals surface area contributed by atoms with Crippen molar-refractivity contribution in [1.29, 1.82) is 0 Å². The fourth-order valence-corrected chi connectivity index (χ4v) is 3.96. The quantitative estimate of drug-likeness (QED) is 0.943. The topological polar surface area (TPSA) is 38.3 Å². The van der Waals surface area contributed by atoms with E-state index in [1.807, 2.05) is 22.9 Å². The molecule has 1 amide bonds. The maximum absolute atomic E-state index is 12.3. The van der Waals surface area contributed by atoms with Gasteiger partial charge in [-0.05, 0) is 35.7 Å². The number of hydrogen-bond acceptors (Lipinski definition) is 4. The number of rotatable bonds is 3. The molecule has 0 spiro atoms. The first-order valence-electron chi connectivity index (χ1n) is 6.27. The molecule has 1 N–H and O–H groups in total.